The molecule has 204 valence electrons. The van der Waals surface area contributed by atoms with Crippen molar-refractivity contribution in [3.63, 3.8) is 0 Å². The minimum Gasteiger partial charge on any atom is -0.458 e. The van der Waals surface area contributed by atoms with Gasteiger partial charge in [-0.05, 0) is 64.0 Å². The molecule has 4 fully saturated rings. The topological polar surface area (TPSA) is 117 Å². The Balaban J connectivity index is 1.77. The van der Waals surface area contributed by atoms with Crippen molar-refractivity contribution >= 4 is 11.8 Å². The second-order valence-corrected chi connectivity index (χ2v) is 13.2. The number of carbonyl (C=O) groups excluding carboxylic acids is 2. The Hall–Kier alpha value is -1.32. The summed E-state index contributed by atoms with van der Waals surface area (Å²) in [4.78, 5) is 29.1. The van der Waals surface area contributed by atoms with Crippen LogP contribution in [-0.4, -0.2) is 86.7 Å². The lowest BCUT2D eigenvalue weighted by atomic mass is 9.40. The average molecular weight is 508 g/mol. The van der Waals surface area contributed by atoms with Gasteiger partial charge in [0.1, 0.15) is 17.8 Å². The molecular formula is C28H45NO7. The second kappa shape index (κ2) is 8.87. The van der Waals surface area contributed by atoms with E-state index in [0.29, 0.717) is 18.8 Å². The lowest BCUT2D eigenvalue weighted by Crippen LogP contribution is -2.86. The molecule has 8 heteroatoms. The summed E-state index contributed by atoms with van der Waals surface area (Å²) in [5.41, 5.74) is -7.13. The van der Waals surface area contributed by atoms with Crippen molar-refractivity contribution < 1.29 is 34.4 Å². The zero-order chi connectivity index (χ0) is 26.9. The molecule has 8 atom stereocenters. The van der Waals surface area contributed by atoms with Crippen LogP contribution in [-0.2, 0) is 19.1 Å². The molecule has 0 aromatic rings. The Morgan fingerprint density at radius 2 is 1.78 bits per heavy atom. The van der Waals surface area contributed by atoms with Crippen molar-refractivity contribution in [2.75, 3.05) is 19.6 Å². The molecular weight excluding hydrogens is 462 g/mol. The molecule has 2 aliphatic carbocycles. The summed E-state index contributed by atoms with van der Waals surface area (Å²) in [6, 6.07) is 0. The van der Waals surface area contributed by atoms with E-state index in [4.69, 9.17) is 9.47 Å². The molecule has 2 heterocycles. The fourth-order valence-corrected chi connectivity index (χ4v) is 8.00. The van der Waals surface area contributed by atoms with Crippen molar-refractivity contribution in [1.82, 2.24) is 4.90 Å². The van der Waals surface area contributed by atoms with Gasteiger partial charge in [-0.1, -0.05) is 33.8 Å². The van der Waals surface area contributed by atoms with Crippen LogP contribution < -0.4 is 0 Å². The number of nitrogens with zero attached hydrogens (tertiary/aromatic N) is 1. The fourth-order valence-electron chi connectivity index (χ4n) is 8.00. The van der Waals surface area contributed by atoms with Crippen LogP contribution in [0.15, 0.2) is 12.7 Å². The van der Waals surface area contributed by atoms with Crippen molar-refractivity contribution in [3.8, 4) is 0 Å². The lowest BCUT2D eigenvalue weighted by molar-refractivity contribution is -0.370. The first-order valence-electron chi connectivity index (χ1n) is 13.4. The minimum atomic E-state index is -2.20. The van der Waals surface area contributed by atoms with Gasteiger partial charge in [0.15, 0.2) is 11.4 Å². The largest absolute Gasteiger partial charge is 0.458 e. The summed E-state index contributed by atoms with van der Waals surface area (Å²) in [6.45, 7) is 16.6. The Morgan fingerprint density at radius 3 is 2.36 bits per heavy atom. The van der Waals surface area contributed by atoms with E-state index < -0.39 is 63.6 Å². The number of rotatable bonds is 4. The number of likely N-dealkylation sites (tertiary alicyclic amines) is 1. The van der Waals surface area contributed by atoms with Gasteiger partial charge in [-0.25, -0.2) is 0 Å². The molecule has 4 unspecified atom stereocenters. The maximum atomic E-state index is 13.8. The van der Waals surface area contributed by atoms with Gasteiger partial charge in [0.25, 0.3) is 0 Å². The molecule has 4 aliphatic rings. The van der Waals surface area contributed by atoms with Gasteiger partial charge in [0.05, 0.1) is 18.2 Å². The summed E-state index contributed by atoms with van der Waals surface area (Å²) in [7, 11) is 0. The normalized spacial score (nSPS) is 47.5. The number of ketones is 1. The molecule has 2 aliphatic heterocycles. The zero-order valence-electron chi connectivity index (χ0n) is 22.7. The molecule has 2 saturated heterocycles. The van der Waals surface area contributed by atoms with E-state index in [2.05, 4.69) is 18.4 Å². The monoisotopic (exact) mass is 507 g/mol. The number of piperidine rings is 1. The zero-order valence-corrected chi connectivity index (χ0v) is 22.7. The van der Waals surface area contributed by atoms with Gasteiger partial charge in [-0.2, -0.15) is 0 Å². The number of aliphatic hydroxyl groups excluding tert-OH is 2. The summed E-state index contributed by atoms with van der Waals surface area (Å²) in [5, 5.41) is 35.6. The standard InChI is InChI=1S/C28H45NO7/c1-8-25(5)15-19(31)28(34)26(6)18(30)9-12-24(3,4)22(26)21(23(33)27(28,7)36-25)35-20(32)16-29-13-10-17(2)11-14-29/h8,17-18,21-23,30,33-34H,1,9-16H2,2-7H3/t18-,21?,22?,23?,25-,26?,27+,28-/m0/s1. The first kappa shape index (κ1) is 27.7. The SMILES string of the molecule is C=C[C@@]1(C)CC(=O)[C@]2(O)C3(C)C(C(OC(=O)CN4CCC(C)CC4)C(O)[C@@]2(C)O1)C(C)(C)CC[C@@H]3O. The Morgan fingerprint density at radius 1 is 1.17 bits per heavy atom. The molecule has 36 heavy (non-hydrogen) atoms. The average Bonchev–Trinajstić information content (AvgIpc) is 2.79. The van der Waals surface area contributed by atoms with Gasteiger partial charge in [-0.15, -0.1) is 6.58 Å². The maximum absolute atomic E-state index is 13.8. The number of carbonyl (C=O) groups is 2. The molecule has 8 nitrogen and oxygen atoms in total. The van der Waals surface area contributed by atoms with E-state index in [1.54, 1.807) is 13.8 Å². The highest BCUT2D eigenvalue weighted by Gasteiger charge is 2.81. The van der Waals surface area contributed by atoms with Crippen LogP contribution >= 0.6 is 0 Å². The van der Waals surface area contributed by atoms with Gasteiger partial charge in [-0.3, -0.25) is 14.5 Å². The molecule has 3 N–H and O–H groups in total. The molecule has 4 rings (SSSR count). The Kier molecular flexibility index (Phi) is 6.83. The van der Waals surface area contributed by atoms with Crippen LogP contribution in [0.3, 0.4) is 0 Å². The van der Waals surface area contributed by atoms with E-state index in [-0.39, 0.29) is 13.0 Å². The van der Waals surface area contributed by atoms with E-state index in [0.717, 1.165) is 25.9 Å². The highest BCUT2D eigenvalue weighted by molar-refractivity contribution is 5.92. The van der Waals surface area contributed by atoms with E-state index in [1.807, 2.05) is 13.8 Å². The summed E-state index contributed by atoms with van der Waals surface area (Å²) in [6.07, 6.45) is 0.705. The van der Waals surface area contributed by atoms with Crippen molar-refractivity contribution in [1.29, 1.82) is 0 Å². The number of hydrogen-bond acceptors (Lipinski definition) is 8. The van der Waals surface area contributed by atoms with Gasteiger partial charge >= 0.3 is 5.97 Å². The third-order valence-electron chi connectivity index (χ3n) is 10.2. The number of Topliss-reactive ketones (excluding diaryl/α,β-unsaturated/α-hetero) is 1. The molecule has 0 aromatic heterocycles. The Bertz CT molecular complexity index is 914. The number of hydrogen-bond donors (Lipinski definition) is 3. The summed E-state index contributed by atoms with van der Waals surface area (Å²) < 4.78 is 12.4. The van der Waals surface area contributed by atoms with Crippen molar-refractivity contribution in [2.24, 2.45) is 22.7 Å². The highest BCUT2D eigenvalue weighted by Crippen LogP contribution is 2.67. The molecule has 2 saturated carbocycles. The summed E-state index contributed by atoms with van der Waals surface area (Å²) in [5.74, 6) is -1.03. The summed E-state index contributed by atoms with van der Waals surface area (Å²) >= 11 is 0. The Labute approximate surface area is 215 Å². The van der Waals surface area contributed by atoms with Gasteiger partial charge in [0.2, 0.25) is 0 Å². The number of esters is 1. The maximum Gasteiger partial charge on any atom is 0.320 e. The second-order valence-electron chi connectivity index (χ2n) is 13.2. The van der Waals surface area contributed by atoms with Crippen LogP contribution in [0.5, 0.6) is 0 Å². The molecule has 0 aromatic carbocycles. The smallest absolute Gasteiger partial charge is 0.320 e. The fraction of sp³-hybridized carbons (Fsp3) is 0.857. The number of aliphatic hydroxyl groups is 3. The molecule has 0 spiro atoms. The van der Waals surface area contributed by atoms with E-state index >= 15 is 0 Å². The minimum absolute atomic E-state index is 0.105. The molecule has 0 bridgehead atoms. The first-order valence-corrected chi connectivity index (χ1v) is 13.4. The first-order chi connectivity index (χ1) is 16.6. The van der Waals surface area contributed by atoms with Gasteiger partial charge < -0.3 is 24.8 Å². The quantitative estimate of drug-likeness (QED) is 0.392. The predicted octanol–water partition coefficient (Wildman–Crippen LogP) is 2.23. The third kappa shape index (κ3) is 3.82. The molecule has 0 amide bonds. The van der Waals surface area contributed by atoms with Crippen LogP contribution in [0.2, 0.25) is 0 Å². The number of ether oxygens (including phenoxy) is 2. The number of fused-ring (bicyclic) bond motifs is 3. The van der Waals surface area contributed by atoms with Crippen LogP contribution in [0.25, 0.3) is 0 Å². The lowest BCUT2D eigenvalue weighted by Gasteiger charge is -2.71. The third-order valence-corrected chi connectivity index (χ3v) is 10.2. The van der Waals surface area contributed by atoms with Crippen LogP contribution in [0.1, 0.15) is 73.6 Å². The van der Waals surface area contributed by atoms with Crippen molar-refractivity contribution in [2.45, 2.75) is 109 Å². The van der Waals surface area contributed by atoms with Crippen molar-refractivity contribution in [3.05, 3.63) is 12.7 Å². The van der Waals surface area contributed by atoms with E-state index in [9.17, 15) is 24.9 Å². The van der Waals surface area contributed by atoms with Crippen LogP contribution in [0.4, 0.5) is 0 Å². The predicted molar refractivity (Wildman–Crippen MR) is 134 cm³/mol. The van der Waals surface area contributed by atoms with E-state index in [1.165, 1.54) is 13.0 Å². The highest BCUT2D eigenvalue weighted by atomic mass is 16.6. The van der Waals surface area contributed by atoms with Gasteiger partial charge in [0, 0.05) is 17.8 Å². The molecule has 0 radical (unpaired) electrons. The van der Waals surface area contributed by atoms with Crippen LogP contribution in [0, 0.1) is 22.7 Å².